The fraction of sp³-hybridized carbons (Fsp3) is 0.571. The highest BCUT2D eigenvalue weighted by atomic mass is 35.5. The molecule has 1 unspecified atom stereocenters. The van der Waals surface area contributed by atoms with Crippen molar-refractivity contribution in [2.75, 3.05) is 6.26 Å². The summed E-state index contributed by atoms with van der Waals surface area (Å²) in [5.41, 5.74) is 0.287. The number of rotatable bonds is 3. The molecule has 1 nitrogen and oxygen atoms in total. The van der Waals surface area contributed by atoms with Gasteiger partial charge in [0.15, 0.2) is 0 Å². The quantitative estimate of drug-likeness (QED) is 0.805. The maximum atomic E-state index is 14.3. The van der Waals surface area contributed by atoms with Gasteiger partial charge in [-0.05, 0) is 37.1 Å². The minimum absolute atomic E-state index is 0.142. The molecule has 1 aliphatic carbocycles. The molecule has 0 aromatic heterocycles. The highest BCUT2D eigenvalue weighted by molar-refractivity contribution is 7.98. The summed E-state index contributed by atoms with van der Waals surface area (Å²) in [6.45, 7) is 0. The van der Waals surface area contributed by atoms with Gasteiger partial charge < -0.3 is 5.11 Å². The maximum absolute atomic E-state index is 14.3. The van der Waals surface area contributed by atoms with E-state index in [1.54, 1.807) is 12.1 Å². The molecule has 0 amide bonds. The predicted octanol–water partition coefficient (Wildman–Crippen LogP) is 4.81. The SMILES string of the molecule is CSc1ccc(Cl)c(C(O)C2CCCCC2)c1F. The summed E-state index contributed by atoms with van der Waals surface area (Å²) in [7, 11) is 0. The third kappa shape index (κ3) is 2.84. The molecule has 1 fully saturated rings. The molecule has 100 valence electrons. The molecule has 18 heavy (non-hydrogen) atoms. The predicted molar refractivity (Wildman–Crippen MR) is 74.7 cm³/mol. The molecule has 1 aromatic carbocycles. The molecular weight excluding hydrogens is 271 g/mol. The molecule has 0 saturated heterocycles. The van der Waals surface area contributed by atoms with Crippen molar-refractivity contribution in [3.8, 4) is 0 Å². The molecule has 1 aliphatic rings. The fourth-order valence-corrected chi connectivity index (χ4v) is 3.41. The normalized spacial score (nSPS) is 18.9. The summed E-state index contributed by atoms with van der Waals surface area (Å²) >= 11 is 7.40. The fourth-order valence-electron chi connectivity index (χ4n) is 2.66. The van der Waals surface area contributed by atoms with Crippen LogP contribution >= 0.6 is 23.4 Å². The molecule has 0 bridgehead atoms. The number of hydrogen-bond donors (Lipinski definition) is 1. The molecule has 1 N–H and O–H groups in total. The Morgan fingerprint density at radius 2 is 2.00 bits per heavy atom. The van der Waals surface area contributed by atoms with Crippen molar-refractivity contribution < 1.29 is 9.50 Å². The van der Waals surface area contributed by atoms with Crippen LogP contribution in [0.15, 0.2) is 17.0 Å². The molecule has 1 saturated carbocycles. The maximum Gasteiger partial charge on any atom is 0.144 e. The van der Waals surface area contributed by atoms with Gasteiger partial charge in [0.05, 0.1) is 6.10 Å². The minimum atomic E-state index is -0.773. The van der Waals surface area contributed by atoms with Crippen molar-refractivity contribution >= 4 is 23.4 Å². The van der Waals surface area contributed by atoms with Crippen LogP contribution in [-0.2, 0) is 0 Å². The van der Waals surface area contributed by atoms with E-state index in [0.29, 0.717) is 9.92 Å². The average Bonchev–Trinajstić information content (AvgIpc) is 2.40. The molecule has 0 radical (unpaired) electrons. The van der Waals surface area contributed by atoms with Crippen molar-refractivity contribution in [3.63, 3.8) is 0 Å². The van der Waals surface area contributed by atoms with Crippen LogP contribution in [0.5, 0.6) is 0 Å². The summed E-state index contributed by atoms with van der Waals surface area (Å²) in [6, 6.07) is 3.34. The van der Waals surface area contributed by atoms with E-state index in [1.165, 1.54) is 18.2 Å². The zero-order chi connectivity index (χ0) is 13.1. The van der Waals surface area contributed by atoms with Crippen LogP contribution in [0.4, 0.5) is 4.39 Å². The standard InChI is InChI=1S/C14H18ClFOS/c1-18-11-8-7-10(15)12(13(11)16)14(17)9-5-3-2-4-6-9/h7-9,14,17H,2-6H2,1H3. The highest BCUT2D eigenvalue weighted by Crippen LogP contribution is 2.40. The van der Waals surface area contributed by atoms with E-state index in [-0.39, 0.29) is 17.3 Å². The minimum Gasteiger partial charge on any atom is -0.388 e. The zero-order valence-electron chi connectivity index (χ0n) is 10.5. The lowest BCUT2D eigenvalue weighted by atomic mass is 9.82. The smallest absolute Gasteiger partial charge is 0.144 e. The summed E-state index contributed by atoms with van der Waals surface area (Å²) < 4.78 is 14.3. The number of hydrogen-bond acceptors (Lipinski definition) is 2. The van der Waals surface area contributed by atoms with Gasteiger partial charge in [0.25, 0.3) is 0 Å². The number of aliphatic hydroxyl groups is 1. The molecular formula is C14H18ClFOS. The van der Waals surface area contributed by atoms with Gasteiger partial charge in [-0.25, -0.2) is 4.39 Å². The largest absolute Gasteiger partial charge is 0.388 e. The van der Waals surface area contributed by atoms with Gasteiger partial charge in [-0.3, -0.25) is 0 Å². The number of benzene rings is 1. The summed E-state index contributed by atoms with van der Waals surface area (Å²) in [5.74, 6) is -0.212. The highest BCUT2D eigenvalue weighted by Gasteiger charge is 2.28. The second kappa shape index (κ2) is 6.27. The van der Waals surface area contributed by atoms with E-state index in [0.717, 1.165) is 25.7 Å². The van der Waals surface area contributed by atoms with Crippen molar-refractivity contribution in [1.82, 2.24) is 0 Å². The first-order chi connectivity index (χ1) is 8.65. The zero-order valence-corrected chi connectivity index (χ0v) is 12.0. The van der Waals surface area contributed by atoms with Gasteiger partial charge in [0.2, 0.25) is 0 Å². The summed E-state index contributed by atoms with van der Waals surface area (Å²) in [5, 5.41) is 10.7. The van der Waals surface area contributed by atoms with Gasteiger partial charge in [0.1, 0.15) is 5.82 Å². The van der Waals surface area contributed by atoms with Crippen LogP contribution in [0, 0.1) is 11.7 Å². The van der Waals surface area contributed by atoms with Crippen molar-refractivity contribution in [1.29, 1.82) is 0 Å². The van der Waals surface area contributed by atoms with Gasteiger partial charge >= 0.3 is 0 Å². The lowest BCUT2D eigenvalue weighted by Gasteiger charge is -2.27. The monoisotopic (exact) mass is 288 g/mol. The van der Waals surface area contributed by atoms with Crippen LogP contribution in [0.1, 0.15) is 43.8 Å². The van der Waals surface area contributed by atoms with E-state index >= 15 is 0 Å². The molecule has 1 atom stereocenters. The molecule has 0 spiro atoms. The molecule has 1 aromatic rings. The Labute approximate surface area is 117 Å². The van der Waals surface area contributed by atoms with E-state index in [1.807, 2.05) is 6.26 Å². The van der Waals surface area contributed by atoms with E-state index in [4.69, 9.17) is 11.6 Å². The number of halogens is 2. The Morgan fingerprint density at radius 1 is 1.33 bits per heavy atom. The third-order valence-electron chi connectivity index (χ3n) is 3.70. The van der Waals surface area contributed by atoms with Gasteiger partial charge in [-0.1, -0.05) is 30.9 Å². The third-order valence-corrected chi connectivity index (χ3v) is 4.79. The van der Waals surface area contributed by atoms with Crippen LogP contribution < -0.4 is 0 Å². The van der Waals surface area contributed by atoms with Crippen LogP contribution in [0.2, 0.25) is 5.02 Å². The molecule has 0 aliphatic heterocycles. The van der Waals surface area contributed by atoms with Crippen molar-refractivity contribution in [3.05, 3.63) is 28.5 Å². The Hall–Kier alpha value is -0.250. The topological polar surface area (TPSA) is 20.2 Å². The second-order valence-corrected chi connectivity index (χ2v) is 6.08. The molecule has 2 rings (SSSR count). The Balaban J connectivity index is 2.30. The Bertz CT molecular complexity index is 419. The molecule has 0 heterocycles. The van der Waals surface area contributed by atoms with Crippen LogP contribution in [0.25, 0.3) is 0 Å². The van der Waals surface area contributed by atoms with E-state index < -0.39 is 6.10 Å². The Morgan fingerprint density at radius 3 is 2.61 bits per heavy atom. The van der Waals surface area contributed by atoms with Crippen LogP contribution in [0.3, 0.4) is 0 Å². The average molecular weight is 289 g/mol. The Kier molecular flexibility index (Phi) is 4.93. The summed E-state index contributed by atoms with van der Waals surface area (Å²) in [6.07, 6.45) is 6.41. The lowest BCUT2D eigenvalue weighted by Crippen LogP contribution is -2.17. The second-order valence-electron chi connectivity index (χ2n) is 4.82. The summed E-state index contributed by atoms with van der Waals surface area (Å²) in [4.78, 5) is 0.546. The van der Waals surface area contributed by atoms with E-state index in [9.17, 15) is 9.50 Å². The first kappa shape index (κ1) is 14.2. The van der Waals surface area contributed by atoms with E-state index in [2.05, 4.69) is 0 Å². The number of thioether (sulfide) groups is 1. The number of aliphatic hydroxyl groups excluding tert-OH is 1. The van der Waals surface area contributed by atoms with Crippen molar-refractivity contribution in [2.45, 2.75) is 43.1 Å². The first-order valence-corrected chi connectivity index (χ1v) is 7.95. The lowest BCUT2D eigenvalue weighted by molar-refractivity contribution is 0.0813. The van der Waals surface area contributed by atoms with Crippen molar-refractivity contribution in [2.24, 2.45) is 5.92 Å². The van der Waals surface area contributed by atoms with Crippen LogP contribution in [-0.4, -0.2) is 11.4 Å². The van der Waals surface area contributed by atoms with Gasteiger partial charge in [-0.2, -0.15) is 0 Å². The van der Waals surface area contributed by atoms with Gasteiger partial charge in [0, 0.05) is 15.5 Å². The molecule has 4 heteroatoms. The van der Waals surface area contributed by atoms with Gasteiger partial charge in [-0.15, -0.1) is 11.8 Å². The first-order valence-electron chi connectivity index (χ1n) is 6.35.